The Morgan fingerprint density at radius 2 is 1.53 bits per heavy atom. The van der Waals surface area contributed by atoms with Crippen LogP contribution in [-0.2, 0) is 15.0 Å². The normalized spacial score (nSPS) is 16.0. The molecule has 162 valence electrons. The smallest absolute Gasteiger partial charge is 0.282 e. The third-order valence-electron chi connectivity index (χ3n) is 5.34. The van der Waals surface area contributed by atoms with E-state index in [4.69, 9.17) is 0 Å². The van der Waals surface area contributed by atoms with Crippen molar-refractivity contribution in [3.63, 3.8) is 0 Å². The van der Waals surface area contributed by atoms with Gasteiger partial charge in [-0.1, -0.05) is 62.4 Å². The molecule has 0 bridgehead atoms. The molecule has 1 aliphatic heterocycles. The van der Waals surface area contributed by atoms with Gasteiger partial charge >= 0.3 is 0 Å². The summed E-state index contributed by atoms with van der Waals surface area (Å²) in [6.07, 6.45) is 0. The molecule has 2 aromatic rings. The number of piperazine rings is 1. The molecule has 1 N–H and O–H groups in total. The first-order valence-electron chi connectivity index (χ1n) is 10.4. The van der Waals surface area contributed by atoms with Crippen LogP contribution in [0, 0.1) is 0 Å². The maximum absolute atomic E-state index is 12.7. The molecule has 0 unspecified atom stereocenters. The van der Waals surface area contributed by atoms with Crippen LogP contribution in [0.2, 0.25) is 0 Å². The van der Waals surface area contributed by atoms with Crippen LogP contribution in [0.15, 0.2) is 54.6 Å². The highest BCUT2D eigenvalue weighted by Gasteiger charge is 2.31. The van der Waals surface area contributed by atoms with E-state index < -0.39 is 10.2 Å². The first kappa shape index (κ1) is 22.4. The Kier molecular flexibility index (Phi) is 7.60. The Morgan fingerprint density at radius 1 is 0.933 bits per heavy atom. The number of nitrogens with zero attached hydrogens (tertiary/aromatic N) is 3. The van der Waals surface area contributed by atoms with E-state index in [2.05, 4.69) is 5.32 Å². The highest BCUT2D eigenvalue weighted by atomic mass is 32.2. The van der Waals surface area contributed by atoms with E-state index in [1.807, 2.05) is 73.3 Å². The maximum Gasteiger partial charge on any atom is 0.282 e. The van der Waals surface area contributed by atoms with Gasteiger partial charge in [0, 0.05) is 50.5 Å². The summed E-state index contributed by atoms with van der Waals surface area (Å²) in [6, 6.07) is 17.7. The number of para-hydroxylation sites is 1. The number of carbonyl (C=O) groups is 1. The first-order chi connectivity index (χ1) is 14.5. The van der Waals surface area contributed by atoms with Crippen molar-refractivity contribution in [3.8, 4) is 11.1 Å². The summed E-state index contributed by atoms with van der Waals surface area (Å²) in [5.74, 6) is -0.0987. The van der Waals surface area contributed by atoms with Crippen molar-refractivity contribution in [2.75, 3.05) is 51.1 Å². The van der Waals surface area contributed by atoms with Gasteiger partial charge in [-0.05, 0) is 11.6 Å². The van der Waals surface area contributed by atoms with Gasteiger partial charge in [-0.2, -0.15) is 17.0 Å². The SMILES string of the molecule is CCN(CC)S(=O)(=O)N1CCN(CC(=O)Nc2ccccc2-c2ccccc2)CC1. The zero-order valence-corrected chi connectivity index (χ0v) is 18.4. The number of carbonyl (C=O) groups excluding carboxylic acids is 1. The lowest BCUT2D eigenvalue weighted by atomic mass is 10.0. The van der Waals surface area contributed by atoms with Gasteiger partial charge in [-0.15, -0.1) is 0 Å². The molecule has 0 aliphatic carbocycles. The van der Waals surface area contributed by atoms with Crippen molar-refractivity contribution in [2.24, 2.45) is 0 Å². The van der Waals surface area contributed by atoms with Gasteiger partial charge in [0.15, 0.2) is 0 Å². The van der Waals surface area contributed by atoms with Crippen LogP contribution in [0.5, 0.6) is 0 Å². The predicted octanol–water partition coefficient (Wildman–Crippen LogP) is 2.50. The van der Waals surface area contributed by atoms with Crippen molar-refractivity contribution >= 4 is 21.8 Å². The van der Waals surface area contributed by atoms with E-state index in [1.165, 1.54) is 8.61 Å². The summed E-state index contributed by atoms with van der Waals surface area (Å²) in [4.78, 5) is 14.6. The number of amides is 1. The zero-order chi connectivity index (χ0) is 21.6. The molecule has 1 saturated heterocycles. The minimum atomic E-state index is -3.42. The molecule has 0 radical (unpaired) electrons. The molecule has 1 amide bonds. The van der Waals surface area contributed by atoms with Crippen molar-refractivity contribution in [1.82, 2.24) is 13.5 Å². The van der Waals surface area contributed by atoms with E-state index in [0.29, 0.717) is 39.3 Å². The molecule has 3 rings (SSSR count). The fraction of sp³-hybridized carbons (Fsp3) is 0.409. The van der Waals surface area contributed by atoms with E-state index in [-0.39, 0.29) is 12.5 Å². The van der Waals surface area contributed by atoms with Gasteiger partial charge in [0.2, 0.25) is 5.91 Å². The van der Waals surface area contributed by atoms with Gasteiger partial charge in [0.05, 0.1) is 6.54 Å². The second-order valence-electron chi connectivity index (χ2n) is 7.23. The fourth-order valence-electron chi connectivity index (χ4n) is 3.69. The lowest BCUT2D eigenvalue weighted by Gasteiger charge is -2.36. The summed E-state index contributed by atoms with van der Waals surface area (Å²) in [7, 11) is -3.42. The molecule has 0 atom stereocenters. The van der Waals surface area contributed by atoms with Crippen molar-refractivity contribution in [3.05, 3.63) is 54.6 Å². The Bertz CT molecular complexity index is 938. The third kappa shape index (κ3) is 5.26. The number of hydrogen-bond acceptors (Lipinski definition) is 4. The van der Waals surface area contributed by atoms with Gasteiger partial charge in [0.1, 0.15) is 0 Å². The van der Waals surface area contributed by atoms with E-state index in [1.54, 1.807) is 0 Å². The molecule has 0 saturated carbocycles. The van der Waals surface area contributed by atoms with Crippen LogP contribution >= 0.6 is 0 Å². The van der Waals surface area contributed by atoms with E-state index in [0.717, 1.165) is 16.8 Å². The van der Waals surface area contributed by atoms with Crippen molar-refractivity contribution in [2.45, 2.75) is 13.8 Å². The average molecular weight is 431 g/mol. The fourth-order valence-corrected chi connectivity index (χ4v) is 5.29. The summed E-state index contributed by atoms with van der Waals surface area (Å²) in [6.45, 7) is 6.71. The summed E-state index contributed by atoms with van der Waals surface area (Å²) in [5, 5.41) is 3.01. The molecule has 0 aromatic heterocycles. The summed E-state index contributed by atoms with van der Waals surface area (Å²) in [5.41, 5.74) is 2.79. The van der Waals surface area contributed by atoms with Crippen LogP contribution in [-0.4, -0.2) is 73.6 Å². The number of hydrogen-bond donors (Lipinski definition) is 1. The molecule has 8 heteroatoms. The Hall–Kier alpha value is -2.26. The second-order valence-corrected chi connectivity index (χ2v) is 9.16. The minimum Gasteiger partial charge on any atom is -0.324 e. The monoisotopic (exact) mass is 430 g/mol. The predicted molar refractivity (Wildman–Crippen MR) is 120 cm³/mol. The first-order valence-corrected chi connectivity index (χ1v) is 11.8. The number of nitrogens with one attached hydrogen (secondary N) is 1. The van der Waals surface area contributed by atoms with Gasteiger partial charge in [-0.25, -0.2) is 0 Å². The van der Waals surface area contributed by atoms with Gasteiger partial charge < -0.3 is 5.32 Å². The quantitative estimate of drug-likeness (QED) is 0.698. The molecule has 1 aliphatic rings. The molecule has 0 spiro atoms. The summed E-state index contributed by atoms with van der Waals surface area (Å²) < 4.78 is 28.3. The van der Waals surface area contributed by atoms with Crippen LogP contribution < -0.4 is 5.32 Å². The molecule has 1 fully saturated rings. The number of benzene rings is 2. The van der Waals surface area contributed by atoms with Crippen LogP contribution in [0.1, 0.15) is 13.8 Å². The summed E-state index contributed by atoms with van der Waals surface area (Å²) >= 11 is 0. The average Bonchev–Trinajstić information content (AvgIpc) is 2.76. The largest absolute Gasteiger partial charge is 0.324 e. The third-order valence-corrected chi connectivity index (χ3v) is 7.53. The molecular weight excluding hydrogens is 400 g/mol. The molecule has 2 aromatic carbocycles. The van der Waals surface area contributed by atoms with E-state index in [9.17, 15) is 13.2 Å². The molecule has 30 heavy (non-hydrogen) atoms. The molecule has 1 heterocycles. The highest BCUT2D eigenvalue weighted by molar-refractivity contribution is 7.86. The Morgan fingerprint density at radius 3 is 2.17 bits per heavy atom. The standard InChI is InChI=1S/C22H30N4O3S/c1-3-25(4-2)30(28,29)26-16-14-24(15-17-26)18-22(27)23-21-13-9-8-12-20(21)19-10-6-5-7-11-19/h5-13H,3-4,14-18H2,1-2H3,(H,23,27). The molecule has 7 nitrogen and oxygen atoms in total. The highest BCUT2D eigenvalue weighted by Crippen LogP contribution is 2.27. The second kappa shape index (κ2) is 10.2. The van der Waals surface area contributed by atoms with Crippen LogP contribution in [0.4, 0.5) is 5.69 Å². The van der Waals surface area contributed by atoms with Gasteiger partial charge in [-0.3, -0.25) is 9.69 Å². The Balaban J connectivity index is 1.58. The van der Waals surface area contributed by atoms with Crippen LogP contribution in [0.25, 0.3) is 11.1 Å². The minimum absolute atomic E-state index is 0.0987. The van der Waals surface area contributed by atoms with Crippen molar-refractivity contribution in [1.29, 1.82) is 0 Å². The van der Waals surface area contributed by atoms with Crippen LogP contribution in [0.3, 0.4) is 0 Å². The topological polar surface area (TPSA) is 73.0 Å². The lowest BCUT2D eigenvalue weighted by molar-refractivity contribution is -0.117. The lowest BCUT2D eigenvalue weighted by Crippen LogP contribution is -2.54. The Labute approximate surface area is 179 Å². The van der Waals surface area contributed by atoms with Gasteiger partial charge in [0.25, 0.3) is 10.2 Å². The number of anilines is 1. The van der Waals surface area contributed by atoms with E-state index >= 15 is 0 Å². The number of rotatable bonds is 8. The van der Waals surface area contributed by atoms with Crippen molar-refractivity contribution < 1.29 is 13.2 Å². The zero-order valence-electron chi connectivity index (χ0n) is 17.6. The molecular formula is C22H30N4O3S. The maximum atomic E-state index is 12.7.